The maximum absolute atomic E-state index is 12.3. The van der Waals surface area contributed by atoms with Gasteiger partial charge < -0.3 is 19.5 Å². The van der Waals surface area contributed by atoms with E-state index in [2.05, 4.69) is 0 Å². The number of ether oxygens (including phenoxy) is 2. The van der Waals surface area contributed by atoms with Gasteiger partial charge in [-0.25, -0.2) is 0 Å². The standard InChI is InChI=1S/C20H27NO4/c1-21(2)20(23)18-10-17(16-4-3-5-16)11-19(25-18)24-13-15-8-6-14(12-22)7-9-15/h6-10,16-17,19,22H,3-5,11-13H2,1-2H3/t17-,19+/m0/s1. The summed E-state index contributed by atoms with van der Waals surface area (Å²) in [6.45, 7) is 0.466. The lowest BCUT2D eigenvalue weighted by atomic mass is 9.73. The number of rotatable bonds is 6. The third kappa shape index (κ3) is 4.41. The van der Waals surface area contributed by atoms with Gasteiger partial charge in [0.15, 0.2) is 5.76 Å². The molecule has 5 heteroatoms. The number of aliphatic hydroxyl groups is 1. The average molecular weight is 345 g/mol. The number of nitrogens with zero attached hydrogens (tertiary/aromatic N) is 1. The van der Waals surface area contributed by atoms with Gasteiger partial charge in [-0.2, -0.15) is 0 Å². The Bertz CT molecular complexity index is 619. The van der Waals surface area contributed by atoms with E-state index in [0.717, 1.165) is 17.5 Å². The fourth-order valence-corrected chi connectivity index (χ4v) is 3.28. The first-order valence-corrected chi connectivity index (χ1v) is 8.97. The molecule has 1 aromatic rings. The van der Waals surface area contributed by atoms with Crippen molar-refractivity contribution in [3.63, 3.8) is 0 Å². The number of amides is 1. The van der Waals surface area contributed by atoms with Crippen LogP contribution in [0.2, 0.25) is 0 Å². The molecule has 1 aliphatic heterocycles. The van der Waals surface area contributed by atoms with Gasteiger partial charge in [-0.1, -0.05) is 30.7 Å². The molecule has 2 atom stereocenters. The van der Waals surface area contributed by atoms with Crippen LogP contribution in [0, 0.1) is 11.8 Å². The predicted molar refractivity (Wildman–Crippen MR) is 94.3 cm³/mol. The molecule has 1 aromatic carbocycles. The molecule has 2 aliphatic rings. The molecule has 25 heavy (non-hydrogen) atoms. The molecule has 136 valence electrons. The topological polar surface area (TPSA) is 59.0 Å². The van der Waals surface area contributed by atoms with Gasteiger partial charge in [-0.05, 0) is 41.9 Å². The summed E-state index contributed by atoms with van der Waals surface area (Å²) in [6, 6.07) is 7.66. The minimum atomic E-state index is -0.396. The molecule has 1 fully saturated rings. The molecule has 3 rings (SSSR count). The third-order valence-corrected chi connectivity index (χ3v) is 5.10. The molecule has 5 nitrogen and oxygen atoms in total. The van der Waals surface area contributed by atoms with Crippen LogP contribution in [0.15, 0.2) is 36.1 Å². The zero-order valence-corrected chi connectivity index (χ0v) is 15.0. The van der Waals surface area contributed by atoms with Crippen LogP contribution >= 0.6 is 0 Å². The van der Waals surface area contributed by atoms with Crippen LogP contribution in [-0.2, 0) is 27.5 Å². The van der Waals surface area contributed by atoms with Gasteiger partial charge in [0.05, 0.1) is 13.2 Å². The van der Waals surface area contributed by atoms with Crippen LogP contribution < -0.4 is 0 Å². The quantitative estimate of drug-likeness (QED) is 0.861. The molecule has 0 unspecified atom stereocenters. The summed E-state index contributed by atoms with van der Waals surface area (Å²) in [5.41, 5.74) is 1.90. The molecular weight excluding hydrogens is 318 g/mol. The largest absolute Gasteiger partial charge is 0.459 e. The van der Waals surface area contributed by atoms with Crippen molar-refractivity contribution in [1.82, 2.24) is 4.90 Å². The van der Waals surface area contributed by atoms with Crippen LogP contribution in [0.4, 0.5) is 0 Å². The summed E-state index contributed by atoms with van der Waals surface area (Å²) in [5, 5.41) is 9.10. The summed E-state index contributed by atoms with van der Waals surface area (Å²) in [4.78, 5) is 13.9. The minimum absolute atomic E-state index is 0.0384. The van der Waals surface area contributed by atoms with Crippen molar-refractivity contribution in [3.8, 4) is 0 Å². The Morgan fingerprint density at radius 1 is 1.24 bits per heavy atom. The monoisotopic (exact) mass is 345 g/mol. The highest BCUT2D eigenvalue weighted by atomic mass is 16.7. The van der Waals surface area contributed by atoms with Crippen molar-refractivity contribution in [2.75, 3.05) is 14.1 Å². The number of carbonyl (C=O) groups excluding carboxylic acids is 1. The van der Waals surface area contributed by atoms with Crippen molar-refractivity contribution in [1.29, 1.82) is 0 Å². The van der Waals surface area contributed by atoms with Crippen molar-refractivity contribution in [2.24, 2.45) is 11.8 Å². The van der Waals surface area contributed by atoms with E-state index < -0.39 is 6.29 Å². The Morgan fingerprint density at radius 2 is 1.92 bits per heavy atom. The van der Waals surface area contributed by atoms with Gasteiger partial charge in [-0.15, -0.1) is 0 Å². The fourth-order valence-electron chi connectivity index (χ4n) is 3.28. The Kier molecular flexibility index (Phi) is 5.76. The summed E-state index contributed by atoms with van der Waals surface area (Å²) in [7, 11) is 3.47. The van der Waals surface area contributed by atoms with Crippen LogP contribution in [0.1, 0.15) is 36.8 Å². The molecule has 1 aliphatic carbocycles. The molecular formula is C20H27NO4. The normalized spacial score (nSPS) is 23.4. The molecule has 0 aromatic heterocycles. The van der Waals surface area contributed by atoms with Crippen LogP contribution in [0.5, 0.6) is 0 Å². The number of likely N-dealkylation sites (N-methyl/N-ethyl adjacent to an activating group) is 1. The molecule has 0 bridgehead atoms. The Hall–Kier alpha value is -1.85. The summed E-state index contributed by atoms with van der Waals surface area (Å²) >= 11 is 0. The summed E-state index contributed by atoms with van der Waals surface area (Å²) < 4.78 is 11.8. The summed E-state index contributed by atoms with van der Waals surface area (Å²) in [6.07, 6.45) is 6.12. The number of carbonyl (C=O) groups is 1. The second-order valence-electron chi connectivity index (χ2n) is 7.15. The Morgan fingerprint density at radius 3 is 2.48 bits per heavy atom. The number of benzene rings is 1. The molecule has 0 radical (unpaired) electrons. The van der Waals surface area contributed by atoms with Crippen molar-refractivity contribution in [3.05, 3.63) is 47.2 Å². The first kappa shape index (κ1) is 18.0. The van der Waals surface area contributed by atoms with E-state index in [1.165, 1.54) is 19.3 Å². The molecule has 1 N–H and O–H groups in total. The lowest BCUT2D eigenvalue weighted by molar-refractivity contribution is -0.160. The molecule has 0 saturated heterocycles. The minimum Gasteiger partial charge on any atom is -0.459 e. The number of aliphatic hydroxyl groups excluding tert-OH is 1. The van der Waals surface area contributed by atoms with Crippen LogP contribution in [0.3, 0.4) is 0 Å². The van der Waals surface area contributed by atoms with Gasteiger partial charge in [0.2, 0.25) is 6.29 Å². The highest BCUT2D eigenvalue weighted by Crippen LogP contribution is 2.40. The Labute approximate surface area is 149 Å². The number of hydrogen-bond donors (Lipinski definition) is 1. The maximum atomic E-state index is 12.3. The zero-order chi connectivity index (χ0) is 17.8. The smallest absolute Gasteiger partial charge is 0.288 e. The number of hydrogen-bond acceptors (Lipinski definition) is 4. The van der Waals surface area contributed by atoms with Crippen molar-refractivity contribution in [2.45, 2.75) is 45.2 Å². The van der Waals surface area contributed by atoms with Gasteiger partial charge >= 0.3 is 0 Å². The molecule has 1 saturated carbocycles. The van der Waals surface area contributed by atoms with Gasteiger partial charge in [0, 0.05) is 20.5 Å². The molecule has 1 heterocycles. The van der Waals surface area contributed by atoms with Crippen molar-refractivity contribution < 1.29 is 19.4 Å². The van der Waals surface area contributed by atoms with Crippen LogP contribution in [0.25, 0.3) is 0 Å². The lowest BCUT2D eigenvalue weighted by Crippen LogP contribution is -2.35. The molecule has 0 spiro atoms. The van der Waals surface area contributed by atoms with Gasteiger partial charge in [0.25, 0.3) is 5.91 Å². The first-order valence-electron chi connectivity index (χ1n) is 8.97. The highest BCUT2D eigenvalue weighted by molar-refractivity contribution is 5.91. The van der Waals surface area contributed by atoms with Crippen molar-refractivity contribution >= 4 is 5.91 Å². The van der Waals surface area contributed by atoms with E-state index >= 15 is 0 Å². The first-order chi connectivity index (χ1) is 12.1. The second kappa shape index (κ2) is 8.02. The fraction of sp³-hybridized carbons (Fsp3) is 0.550. The second-order valence-corrected chi connectivity index (χ2v) is 7.15. The van der Waals surface area contributed by atoms with E-state index in [1.807, 2.05) is 30.3 Å². The van der Waals surface area contributed by atoms with Crippen LogP contribution in [-0.4, -0.2) is 36.3 Å². The predicted octanol–water partition coefficient (Wildman–Crippen LogP) is 2.83. The third-order valence-electron chi connectivity index (χ3n) is 5.10. The van der Waals surface area contributed by atoms with E-state index in [0.29, 0.717) is 24.2 Å². The van der Waals surface area contributed by atoms with E-state index in [-0.39, 0.29) is 12.5 Å². The lowest BCUT2D eigenvalue weighted by Gasteiger charge is -2.37. The summed E-state index contributed by atoms with van der Waals surface area (Å²) in [5.74, 6) is 1.30. The number of allylic oxidation sites excluding steroid dienone is 1. The molecule has 1 amide bonds. The van der Waals surface area contributed by atoms with Gasteiger partial charge in [0.1, 0.15) is 0 Å². The highest BCUT2D eigenvalue weighted by Gasteiger charge is 2.35. The average Bonchev–Trinajstić information content (AvgIpc) is 2.58. The Balaban J connectivity index is 1.64. The van der Waals surface area contributed by atoms with E-state index in [9.17, 15) is 4.79 Å². The maximum Gasteiger partial charge on any atom is 0.288 e. The van der Waals surface area contributed by atoms with Gasteiger partial charge in [-0.3, -0.25) is 4.79 Å². The SMILES string of the molecule is CN(C)C(=O)C1=C[C@H](C2CCC2)C[C@H](OCc2ccc(CO)cc2)O1. The van der Waals surface area contributed by atoms with E-state index in [1.54, 1.807) is 19.0 Å². The zero-order valence-electron chi connectivity index (χ0n) is 15.0. The van der Waals surface area contributed by atoms with E-state index in [4.69, 9.17) is 14.6 Å².